The SMILES string of the molecule is Cc1c(NC(=O)c2cccnc2Sc2ccccc2)cccc1C(=O)N1CCc2sccc2C1. The molecule has 0 saturated heterocycles. The maximum absolute atomic E-state index is 13.3. The van der Waals surface area contributed by atoms with E-state index in [9.17, 15) is 9.59 Å². The highest BCUT2D eigenvalue weighted by Crippen LogP contribution is 2.30. The van der Waals surface area contributed by atoms with Crippen molar-refractivity contribution < 1.29 is 9.59 Å². The summed E-state index contributed by atoms with van der Waals surface area (Å²) in [6.07, 6.45) is 2.57. The van der Waals surface area contributed by atoms with Gasteiger partial charge in [0.15, 0.2) is 0 Å². The maximum atomic E-state index is 13.3. The van der Waals surface area contributed by atoms with E-state index in [1.165, 1.54) is 22.2 Å². The number of carbonyl (C=O) groups excluding carboxylic acids is 2. The number of rotatable bonds is 5. The lowest BCUT2D eigenvalue weighted by atomic mass is 10.0. The van der Waals surface area contributed by atoms with Crippen molar-refractivity contribution >= 4 is 40.6 Å². The van der Waals surface area contributed by atoms with Crippen LogP contribution in [0.1, 0.15) is 36.7 Å². The first-order valence-electron chi connectivity index (χ1n) is 11.0. The van der Waals surface area contributed by atoms with E-state index in [1.807, 2.05) is 60.4 Å². The van der Waals surface area contributed by atoms with Crippen LogP contribution in [0.2, 0.25) is 0 Å². The fraction of sp³-hybridized carbons (Fsp3) is 0.148. The molecule has 4 aromatic rings. The molecule has 2 aromatic heterocycles. The molecule has 0 atom stereocenters. The number of nitrogens with one attached hydrogen (secondary N) is 1. The number of aromatic nitrogens is 1. The van der Waals surface area contributed by atoms with Crippen molar-refractivity contribution in [1.82, 2.24) is 9.88 Å². The van der Waals surface area contributed by atoms with Gasteiger partial charge in [-0.1, -0.05) is 36.0 Å². The summed E-state index contributed by atoms with van der Waals surface area (Å²) in [7, 11) is 0. The van der Waals surface area contributed by atoms with E-state index >= 15 is 0 Å². The topological polar surface area (TPSA) is 62.3 Å². The largest absolute Gasteiger partial charge is 0.334 e. The van der Waals surface area contributed by atoms with Gasteiger partial charge in [-0.15, -0.1) is 11.3 Å². The lowest BCUT2D eigenvalue weighted by molar-refractivity contribution is 0.0735. The van der Waals surface area contributed by atoms with Gasteiger partial charge in [0.1, 0.15) is 5.03 Å². The Balaban J connectivity index is 1.36. The molecule has 0 spiro atoms. The van der Waals surface area contributed by atoms with Gasteiger partial charge in [0.2, 0.25) is 0 Å². The van der Waals surface area contributed by atoms with E-state index in [0.717, 1.165) is 16.9 Å². The third kappa shape index (κ3) is 4.62. The van der Waals surface area contributed by atoms with Crippen LogP contribution >= 0.6 is 23.1 Å². The highest BCUT2D eigenvalue weighted by Gasteiger charge is 2.24. The quantitative estimate of drug-likeness (QED) is 0.374. The van der Waals surface area contributed by atoms with Crippen LogP contribution in [-0.4, -0.2) is 28.2 Å². The van der Waals surface area contributed by atoms with Gasteiger partial charge in [0.25, 0.3) is 11.8 Å². The van der Waals surface area contributed by atoms with Crippen LogP contribution in [0, 0.1) is 6.92 Å². The minimum Gasteiger partial charge on any atom is -0.334 e. The van der Waals surface area contributed by atoms with Crippen LogP contribution in [0.5, 0.6) is 0 Å². The van der Waals surface area contributed by atoms with Gasteiger partial charge in [-0.2, -0.15) is 0 Å². The monoisotopic (exact) mass is 485 g/mol. The number of carbonyl (C=O) groups is 2. The van der Waals surface area contributed by atoms with E-state index in [0.29, 0.717) is 34.9 Å². The van der Waals surface area contributed by atoms with Crippen molar-refractivity contribution in [1.29, 1.82) is 0 Å². The molecule has 1 aliphatic heterocycles. The molecule has 1 aliphatic rings. The Morgan fingerprint density at radius 2 is 1.82 bits per heavy atom. The molecule has 0 radical (unpaired) electrons. The second-order valence-electron chi connectivity index (χ2n) is 8.05. The number of nitrogens with zero attached hydrogens (tertiary/aromatic N) is 2. The molecular formula is C27H23N3O2S2. The zero-order chi connectivity index (χ0) is 23.5. The Labute approximate surface area is 206 Å². The zero-order valence-corrected chi connectivity index (χ0v) is 20.3. The molecule has 7 heteroatoms. The van der Waals surface area contributed by atoms with Crippen LogP contribution in [0.3, 0.4) is 0 Å². The number of thiophene rings is 1. The number of fused-ring (bicyclic) bond motifs is 1. The fourth-order valence-corrected chi connectivity index (χ4v) is 5.82. The molecule has 0 unspecified atom stereocenters. The number of hydrogen-bond donors (Lipinski definition) is 1. The first kappa shape index (κ1) is 22.4. The van der Waals surface area contributed by atoms with E-state index in [2.05, 4.69) is 21.7 Å². The molecule has 0 fully saturated rings. The molecule has 5 nitrogen and oxygen atoms in total. The number of hydrogen-bond acceptors (Lipinski definition) is 5. The highest BCUT2D eigenvalue weighted by atomic mass is 32.2. The molecular weight excluding hydrogens is 462 g/mol. The highest BCUT2D eigenvalue weighted by molar-refractivity contribution is 7.99. The summed E-state index contributed by atoms with van der Waals surface area (Å²) in [5.41, 5.74) is 3.73. The van der Waals surface area contributed by atoms with Crippen molar-refractivity contribution in [3.8, 4) is 0 Å². The number of pyridine rings is 1. The summed E-state index contributed by atoms with van der Waals surface area (Å²) in [4.78, 5) is 35.2. The lowest BCUT2D eigenvalue weighted by Gasteiger charge is -2.28. The fourth-order valence-electron chi connectivity index (χ4n) is 4.03. The smallest absolute Gasteiger partial charge is 0.258 e. The van der Waals surface area contributed by atoms with Gasteiger partial charge in [-0.05, 0) is 72.3 Å². The first-order chi connectivity index (χ1) is 16.6. The van der Waals surface area contributed by atoms with Crippen LogP contribution in [0.25, 0.3) is 0 Å². The average Bonchev–Trinajstić information content (AvgIpc) is 3.34. The second kappa shape index (κ2) is 9.83. The summed E-state index contributed by atoms with van der Waals surface area (Å²) >= 11 is 3.20. The molecule has 2 amide bonds. The van der Waals surface area contributed by atoms with E-state index < -0.39 is 0 Å². The normalized spacial score (nSPS) is 12.8. The number of benzene rings is 2. The third-order valence-corrected chi connectivity index (χ3v) is 7.93. The van der Waals surface area contributed by atoms with E-state index in [1.54, 1.807) is 29.7 Å². The third-order valence-electron chi connectivity index (χ3n) is 5.88. The Kier molecular flexibility index (Phi) is 6.47. The lowest BCUT2D eigenvalue weighted by Crippen LogP contribution is -2.35. The van der Waals surface area contributed by atoms with Crippen LogP contribution in [0.15, 0.2) is 88.2 Å². The van der Waals surface area contributed by atoms with Gasteiger partial charge in [0.05, 0.1) is 5.56 Å². The summed E-state index contributed by atoms with van der Waals surface area (Å²) in [5, 5.41) is 5.72. The molecule has 34 heavy (non-hydrogen) atoms. The molecule has 0 bridgehead atoms. The van der Waals surface area contributed by atoms with Gasteiger partial charge in [-0.3, -0.25) is 9.59 Å². The maximum Gasteiger partial charge on any atom is 0.258 e. The molecule has 3 heterocycles. The van der Waals surface area contributed by atoms with Crippen molar-refractivity contribution in [3.63, 3.8) is 0 Å². The summed E-state index contributed by atoms with van der Waals surface area (Å²) in [6, 6.07) is 20.9. The van der Waals surface area contributed by atoms with Gasteiger partial charge >= 0.3 is 0 Å². The number of anilines is 1. The molecule has 1 N–H and O–H groups in total. The molecule has 0 saturated carbocycles. The predicted molar refractivity (Wildman–Crippen MR) is 137 cm³/mol. The molecule has 170 valence electrons. The summed E-state index contributed by atoms with van der Waals surface area (Å²) < 4.78 is 0. The molecule has 0 aliphatic carbocycles. The van der Waals surface area contributed by atoms with Crippen molar-refractivity contribution in [2.75, 3.05) is 11.9 Å². The standard InChI is InChI=1S/C27H23N3O2S2/c1-18-21(27(32)30-15-12-24-19(17-30)13-16-33-24)9-5-11-23(18)29-25(31)22-10-6-14-28-26(22)34-20-7-3-2-4-8-20/h2-11,13-14,16H,12,15,17H2,1H3,(H,29,31). The van der Waals surface area contributed by atoms with Gasteiger partial charge < -0.3 is 10.2 Å². The minimum absolute atomic E-state index is 0.00727. The zero-order valence-electron chi connectivity index (χ0n) is 18.7. The first-order valence-corrected chi connectivity index (χ1v) is 12.7. The Morgan fingerprint density at radius 3 is 2.68 bits per heavy atom. The van der Waals surface area contributed by atoms with E-state index in [-0.39, 0.29) is 11.8 Å². The van der Waals surface area contributed by atoms with Crippen molar-refractivity contribution in [3.05, 3.63) is 105 Å². The van der Waals surface area contributed by atoms with E-state index in [4.69, 9.17) is 0 Å². The Morgan fingerprint density at radius 1 is 1.00 bits per heavy atom. The van der Waals surface area contributed by atoms with Gasteiger partial charge in [0, 0.05) is 40.3 Å². The second-order valence-corrected chi connectivity index (χ2v) is 10.1. The van der Waals surface area contributed by atoms with Gasteiger partial charge in [-0.25, -0.2) is 4.98 Å². The van der Waals surface area contributed by atoms with Crippen LogP contribution in [0.4, 0.5) is 5.69 Å². The number of amides is 2. The van der Waals surface area contributed by atoms with Crippen LogP contribution < -0.4 is 5.32 Å². The Hall–Kier alpha value is -3.42. The summed E-state index contributed by atoms with van der Waals surface area (Å²) in [5.74, 6) is -0.257. The minimum atomic E-state index is -0.250. The van der Waals surface area contributed by atoms with Crippen molar-refractivity contribution in [2.24, 2.45) is 0 Å². The average molecular weight is 486 g/mol. The predicted octanol–water partition coefficient (Wildman–Crippen LogP) is 6.05. The Bertz CT molecular complexity index is 1350. The summed E-state index contributed by atoms with van der Waals surface area (Å²) in [6.45, 7) is 3.22. The molecule has 5 rings (SSSR count). The van der Waals surface area contributed by atoms with Crippen LogP contribution in [-0.2, 0) is 13.0 Å². The van der Waals surface area contributed by atoms with Crippen molar-refractivity contribution in [2.45, 2.75) is 29.8 Å². The molecule has 2 aromatic carbocycles.